The van der Waals surface area contributed by atoms with Crippen LogP contribution in [0.25, 0.3) is 0 Å². The summed E-state index contributed by atoms with van der Waals surface area (Å²) in [6, 6.07) is 8.38. The van der Waals surface area contributed by atoms with Gasteiger partial charge >= 0.3 is 5.97 Å². The average molecular weight is 205 g/mol. The third kappa shape index (κ3) is 2.22. The maximum absolute atomic E-state index is 11.7. The predicted molar refractivity (Wildman–Crippen MR) is 53.7 cm³/mol. The van der Waals surface area contributed by atoms with Gasteiger partial charge in [0.25, 0.3) is 0 Å². The Morgan fingerprint density at radius 2 is 1.93 bits per heavy atom. The average Bonchev–Trinajstić information content (AvgIpc) is 2.96. The van der Waals surface area contributed by atoms with Crippen molar-refractivity contribution in [1.29, 1.82) is 0 Å². The van der Waals surface area contributed by atoms with Crippen molar-refractivity contribution in [3.63, 3.8) is 0 Å². The van der Waals surface area contributed by atoms with E-state index in [0.717, 1.165) is 0 Å². The minimum Gasteiger partial charge on any atom is -0.481 e. The predicted octanol–water partition coefficient (Wildman–Crippen LogP) is 0.684. The van der Waals surface area contributed by atoms with E-state index in [1.807, 2.05) is 6.07 Å². The first kappa shape index (κ1) is 9.86. The van der Waals surface area contributed by atoms with Gasteiger partial charge in [0.15, 0.2) is 5.78 Å². The van der Waals surface area contributed by atoms with Crippen molar-refractivity contribution in [2.45, 2.75) is 18.5 Å². The zero-order chi connectivity index (χ0) is 10.8. The summed E-state index contributed by atoms with van der Waals surface area (Å²) in [6.45, 7) is 0. The smallest absolute Gasteiger partial charge is 0.305 e. The van der Waals surface area contributed by atoms with Crippen molar-refractivity contribution < 1.29 is 14.7 Å². The second kappa shape index (κ2) is 3.82. The molecule has 1 aromatic rings. The minimum atomic E-state index is -0.879. The lowest BCUT2D eigenvalue weighted by molar-refractivity contribution is -0.136. The summed E-state index contributed by atoms with van der Waals surface area (Å²) in [7, 11) is 0. The Bertz CT molecular complexity index is 388. The van der Waals surface area contributed by atoms with Gasteiger partial charge in [-0.1, -0.05) is 30.3 Å². The summed E-state index contributed by atoms with van der Waals surface area (Å²) in [5.74, 6) is -0.905. The normalized spacial score (nSPS) is 23.5. The molecule has 0 aliphatic carbocycles. The molecule has 78 valence electrons. The van der Waals surface area contributed by atoms with Crippen LogP contribution in [0.2, 0.25) is 0 Å². The van der Waals surface area contributed by atoms with Gasteiger partial charge in [-0.2, -0.15) is 0 Å². The molecule has 2 rings (SSSR count). The first-order valence-corrected chi connectivity index (χ1v) is 4.75. The summed E-state index contributed by atoms with van der Waals surface area (Å²) >= 11 is 0. The fraction of sp³-hybridized carbons (Fsp3) is 0.273. The molecular formula is C11H11NO3. The zero-order valence-corrected chi connectivity index (χ0v) is 8.01. The molecule has 4 heteroatoms. The van der Waals surface area contributed by atoms with Gasteiger partial charge in [0.05, 0.1) is 12.5 Å². The quantitative estimate of drug-likeness (QED) is 0.560. The van der Waals surface area contributed by atoms with Crippen molar-refractivity contribution in [3.8, 4) is 0 Å². The highest BCUT2D eigenvalue weighted by atomic mass is 16.4. The maximum Gasteiger partial charge on any atom is 0.305 e. The lowest BCUT2D eigenvalue weighted by atomic mass is 10.1. The molecule has 1 aliphatic rings. The molecule has 1 heterocycles. The van der Waals surface area contributed by atoms with E-state index in [1.165, 1.54) is 0 Å². The van der Waals surface area contributed by atoms with Gasteiger partial charge < -0.3 is 10.4 Å². The Labute approximate surface area is 86.9 Å². The van der Waals surface area contributed by atoms with E-state index in [2.05, 4.69) is 5.32 Å². The Hall–Kier alpha value is -1.68. The van der Waals surface area contributed by atoms with Crippen LogP contribution in [0.3, 0.4) is 0 Å². The van der Waals surface area contributed by atoms with Gasteiger partial charge in [0.2, 0.25) is 0 Å². The molecule has 1 aliphatic heterocycles. The fourth-order valence-electron chi connectivity index (χ4n) is 1.58. The van der Waals surface area contributed by atoms with Crippen LogP contribution in [0.5, 0.6) is 0 Å². The zero-order valence-electron chi connectivity index (χ0n) is 8.01. The van der Waals surface area contributed by atoms with Crippen molar-refractivity contribution in [1.82, 2.24) is 5.32 Å². The number of hydrogen-bond donors (Lipinski definition) is 2. The van der Waals surface area contributed by atoms with E-state index < -0.39 is 5.97 Å². The first-order valence-electron chi connectivity index (χ1n) is 4.75. The number of rotatable bonds is 4. The highest BCUT2D eigenvalue weighted by Gasteiger charge is 2.43. The van der Waals surface area contributed by atoms with E-state index in [4.69, 9.17) is 5.11 Å². The summed E-state index contributed by atoms with van der Waals surface area (Å²) in [5, 5.41) is 11.4. The summed E-state index contributed by atoms with van der Waals surface area (Å²) in [5.41, 5.74) is 0.628. The molecule has 1 fully saturated rings. The van der Waals surface area contributed by atoms with Crippen LogP contribution in [0.15, 0.2) is 30.3 Å². The van der Waals surface area contributed by atoms with Crippen LogP contribution < -0.4 is 5.32 Å². The molecule has 0 spiro atoms. The molecule has 1 aromatic carbocycles. The van der Waals surface area contributed by atoms with Crippen LogP contribution in [0, 0.1) is 0 Å². The number of carbonyl (C=O) groups excluding carboxylic acids is 1. The third-order valence-electron chi connectivity index (χ3n) is 2.42. The number of carboxylic acid groups (broad SMARTS) is 1. The minimum absolute atomic E-state index is 0.00321. The monoisotopic (exact) mass is 205 g/mol. The van der Waals surface area contributed by atoms with E-state index in [0.29, 0.717) is 5.56 Å². The van der Waals surface area contributed by atoms with Crippen LogP contribution in [-0.2, 0) is 4.79 Å². The Kier molecular flexibility index (Phi) is 2.51. The van der Waals surface area contributed by atoms with E-state index in [1.54, 1.807) is 24.3 Å². The highest BCUT2D eigenvalue weighted by molar-refractivity contribution is 6.02. The number of carbonyl (C=O) groups is 2. The lowest BCUT2D eigenvalue weighted by Gasteiger charge is -1.96. The van der Waals surface area contributed by atoms with E-state index in [-0.39, 0.29) is 24.3 Å². The first-order chi connectivity index (χ1) is 7.18. The largest absolute Gasteiger partial charge is 0.481 e. The molecule has 1 saturated heterocycles. The van der Waals surface area contributed by atoms with Crippen LogP contribution >= 0.6 is 0 Å². The van der Waals surface area contributed by atoms with Crippen LogP contribution in [0.1, 0.15) is 16.8 Å². The number of Topliss-reactive ketones (excluding diaryl/α,β-unsaturated/α-hetero) is 1. The van der Waals surface area contributed by atoms with Gasteiger partial charge in [-0.15, -0.1) is 0 Å². The molecule has 2 unspecified atom stereocenters. The Morgan fingerprint density at radius 1 is 1.27 bits per heavy atom. The number of carboxylic acids is 1. The number of nitrogens with one attached hydrogen (secondary N) is 1. The molecule has 0 radical (unpaired) electrons. The Balaban J connectivity index is 1.98. The van der Waals surface area contributed by atoms with Gasteiger partial charge in [-0.3, -0.25) is 9.59 Å². The van der Waals surface area contributed by atoms with E-state index in [9.17, 15) is 9.59 Å². The van der Waals surface area contributed by atoms with Crippen molar-refractivity contribution in [3.05, 3.63) is 35.9 Å². The van der Waals surface area contributed by atoms with Crippen molar-refractivity contribution in [2.24, 2.45) is 0 Å². The molecule has 0 bridgehead atoms. The van der Waals surface area contributed by atoms with Gasteiger partial charge in [0, 0.05) is 11.6 Å². The molecule has 0 aromatic heterocycles. The number of ketones is 1. The third-order valence-corrected chi connectivity index (χ3v) is 2.42. The topological polar surface area (TPSA) is 76.3 Å². The Morgan fingerprint density at radius 3 is 2.53 bits per heavy atom. The van der Waals surface area contributed by atoms with Gasteiger partial charge in [0.1, 0.15) is 0 Å². The second-order valence-corrected chi connectivity index (χ2v) is 3.58. The van der Waals surface area contributed by atoms with Crippen molar-refractivity contribution in [2.75, 3.05) is 0 Å². The molecule has 2 atom stereocenters. The second-order valence-electron chi connectivity index (χ2n) is 3.58. The molecule has 2 N–H and O–H groups in total. The maximum atomic E-state index is 11.7. The fourth-order valence-corrected chi connectivity index (χ4v) is 1.58. The molecule has 0 amide bonds. The van der Waals surface area contributed by atoms with Crippen LogP contribution in [0.4, 0.5) is 0 Å². The highest BCUT2D eigenvalue weighted by Crippen LogP contribution is 2.19. The van der Waals surface area contributed by atoms with Crippen molar-refractivity contribution >= 4 is 11.8 Å². The van der Waals surface area contributed by atoms with E-state index >= 15 is 0 Å². The SMILES string of the molecule is O=C(O)CC1NC1C(=O)c1ccccc1. The molecule has 4 nitrogen and oxygen atoms in total. The van der Waals surface area contributed by atoms with Crippen LogP contribution in [-0.4, -0.2) is 28.9 Å². The molecule has 15 heavy (non-hydrogen) atoms. The number of hydrogen-bond acceptors (Lipinski definition) is 3. The van der Waals surface area contributed by atoms with Gasteiger partial charge in [-0.05, 0) is 0 Å². The summed E-state index contributed by atoms with van der Waals surface area (Å²) in [6.07, 6.45) is 0.00321. The summed E-state index contributed by atoms with van der Waals surface area (Å²) in [4.78, 5) is 22.1. The number of benzene rings is 1. The standard InChI is InChI=1S/C11H11NO3/c13-9(14)6-8-10(12-8)11(15)7-4-2-1-3-5-7/h1-5,8,10,12H,6H2,(H,13,14). The lowest BCUT2D eigenvalue weighted by Crippen LogP contribution is -2.12. The molecule has 0 saturated carbocycles. The molecular weight excluding hydrogens is 194 g/mol. The summed E-state index contributed by atoms with van der Waals surface area (Å²) < 4.78 is 0. The van der Waals surface area contributed by atoms with Gasteiger partial charge in [-0.25, -0.2) is 0 Å². The number of aliphatic carboxylic acids is 1.